The van der Waals surface area contributed by atoms with Crippen LogP contribution in [0, 0.1) is 18.8 Å². The van der Waals surface area contributed by atoms with Crippen LogP contribution in [0.15, 0.2) is 42.5 Å². The number of hydrogen-bond acceptors (Lipinski definition) is 1. The van der Waals surface area contributed by atoms with Crippen LogP contribution in [-0.2, 0) is 6.18 Å². The summed E-state index contributed by atoms with van der Waals surface area (Å²) < 4.78 is 39.7. The van der Waals surface area contributed by atoms with E-state index in [1.807, 2.05) is 19.1 Å². The zero-order chi connectivity index (χ0) is 21.7. The summed E-state index contributed by atoms with van der Waals surface area (Å²) >= 11 is 1.08. The molecule has 3 aromatic rings. The van der Waals surface area contributed by atoms with Gasteiger partial charge in [-0.2, -0.15) is 13.2 Å². The van der Waals surface area contributed by atoms with E-state index in [2.05, 4.69) is 31.8 Å². The number of unbranched alkanes of at least 4 members (excludes halogenated alkanes) is 1. The third-order valence-corrected chi connectivity index (χ3v) is 12.1. The van der Waals surface area contributed by atoms with E-state index in [9.17, 15) is 13.2 Å². The summed E-state index contributed by atoms with van der Waals surface area (Å²) in [6.07, 6.45) is -2.16. The van der Waals surface area contributed by atoms with E-state index >= 15 is 0 Å². The first-order valence-corrected chi connectivity index (χ1v) is 15.0. The first-order chi connectivity index (χ1) is 14.3. The van der Waals surface area contributed by atoms with Crippen LogP contribution in [0.5, 0.6) is 0 Å². The molecule has 0 nitrogen and oxygen atoms in total. The fourth-order valence-electron chi connectivity index (χ4n) is 3.58. The summed E-state index contributed by atoms with van der Waals surface area (Å²) in [7, 11) is 0. The van der Waals surface area contributed by atoms with Gasteiger partial charge in [0, 0.05) is 0 Å². The summed E-state index contributed by atoms with van der Waals surface area (Å²) in [6, 6.07) is 11.6. The van der Waals surface area contributed by atoms with Crippen molar-refractivity contribution in [2.45, 2.75) is 55.4 Å². The summed E-state index contributed by atoms with van der Waals surface area (Å²) in [4.78, 5) is 1.10. The molecule has 5 heteroatoms. The zero-order valence-electron chi connectivity index (χ0n) is 17.6. The third-order valence-electron chi connectivity index (χ3n) is 5.27. The molecule has 0 spiro atoms. The van der Waals surface area contributed by atoms with Crippen LogP contribution in [0.2, 0.25) is 15.6 Å². The maximum absolute atomic E-state index is 12.9. The Labute approximate surface area is 185 Å². The number of alkyl halides is 3. The molecule has 0 unspecified atom stereocenters. The first kappa shape index (κ1) is 23.0. The third kappa shape index (κ3) is 5.51. The van der Waals surface area contributed by atoms with Crippen molar-refractivity contribution in [3.05, 3.63) is 58.5 Å². The minimum atomic E-state index is -4.31. The number of halogens is 3. The number of aryl methyl sites for hydroxylation is 1. The van der Waals surface area contributed by atoms with E-state index < -0.39 is 26.4 Å². The summed E-state index contributed by atoms with van der Waals surface area (Å²) in [5.41, 5.74) is 2.21. The van der Waals surface area contributed by atoms with Gasteiger partial charge in [0.15, 0.2) is 0 Å². The van der Waals surface area contributed by atoms with Gasteiger partial charge in [-0.3, -0.25) is 0 Å². The van der Waals surface area contributed by atoms with Gasteiger partial charge >= 0.3 is 155 Å². The van der Waals surface area contributed by atoms with Crippen molar-refractivity contribution in [1.82, 2.24) is 0 Å². The molecule has 0 aliphatic carbocycles. The SMILES string of the molecule is CC[As](CC)CCCC#Cc1ccc2c(-c3ccc(C(F)(F)F)cc3)c(C)sc2c1. The monoisotopic (exact) mass is 490 g/mol. The molecule has 0 radical (unpaired) electrons. The number of rotatable bonds is 6. The molecule has 0 atom stereocenters. The Bertz CT molecular complexity index is 1050. The normalized spacial score (nSPS) is 11.7. The van der Waals surface area contributed by atoms with Gasteiger partial charge in [0.25, 0.3) is 0 Å². The van der Waals surface area contributed by atoms with Gasteiger partial charge in [-0.15, -0.1) is 0 Å². The molecule has 158 valence electrons. The molecule has 1 heterocycles. The summed E-state index contributed by atoms with van der Waals surface area (Å²) in [6.45, 7) is 6.64. The summed E-state index contributed by atoms with van der Waals surface area (Å²) in [5.74, 6) is 6.60. The Morgan fingerprint density at radius 1 is 1.00 bits per heavy atom. The first-order valence-electron chi connectivity index (χ1n) is 10.3. The van der Waals surface area contributed by atoms with E-state index in [1.165, 1.54) is 22.0 Å². The van der Waals surface area contributed by atoms with E-state index in [0.29, 0.717) is 0 Å². The predicted molar refractivity (Wildman–Crippen MR) is 125 cm³/mol. The molecule has 0 saturated heterocycles. The van der Waals surface area contributed by atoms with Crippen molar-refractivity contribution in [2.75, 3.05) is 0 Å². The van der Waals surface area contributed by atoms with Crippen LogP contribution in [0.3, 0.4) is 0 Å². The fraction of sp³-hybridized carbons (Fsp3) is 0.360. The van der Waals surface area contributed by atoms with Crippen LogP contribution < -0.4 is 0 Å². The molecule has 30 heavy (non-hydrogen) atoms. The molecule has 2 aromatic carbocycles. The van der Waals surface area contributed by atoms with Crippen molar-refractivity contribution >= 4 is 36.1 Å². The molecule has 0 N–H and O–H groups in total. The second-order valence-electron chi connectivity index (χ2n) is 7.25. The van der Waals surface area contributed by atoms with Gasteiger partial charge in [-0.05, 0) is 12.1 Å². The van der Waals surface area contributed by atoms with Crippen LogP contribution in [0.4, 0.5) is 13.2 Å². The standard InChI is InChI=1S/C25H26AsF3S/c1-4-26(5-2)16-8-6-7-9-19-10-15-22-23(17-19)30-18(3)24(22)20-11-13-21(14-12-20)25(27,28)29/h10-15,17H,4-6,8,16H2,1-3H3. The molecule has 0 amide bonds. The second-order valence-corrected chi connectivity index (χ2v) is 14.9. The van der Waals surface area contributed by atoms with Gasteiger partial charge in [0.2, 0.25) is 0 Å². The van der Waals surface area contributed by atoms with E-state index in [1.54, 1.807) is 23.5 Å². The molecule has 0 aliphatic heterocycles. The molecule has 3 rings (SSSR count). The van der Waals surface area contributed by atoms with Crippen molar-refractivity contribution < 1.29 is 13.2 Å². The Kier molecular flexibility index (Phi) is 7.72. The second kappa shape index (κ2) is 10.1. The van der Waals surface area contributed by atoms with Gasteiger partial charge in [0.1, 0.15) is 0 Å². The van der Waals surface area contributed by atoms with Crippen LogP contribution in [0.1, 0.15) is 42.7 Å². The van der Waals surface area contributed by atoms with Crippen LogP contribution >= 0.6 is 11.3 Å². The molecule has 0 bridgehead atoms. The van der Waals surface area contributed by atoms with E-state index in [4.69, 9.17) is 0 Å². The van der Waals surface area contributed by atoms with Gasteiger partial charge < -0.3 is 0 Å². The average Bonchev–Trinajstić information content (AvgIpc) is 3.05. The van der Waals surface area contributed by atoms with Gasteiger partial charge in [-0.1, -0.05) is 0 Å². The van der Waals surface area contributed by atoms with Crippen LogP contribution in [-0.4, -0.2) is 14.7 Å². The zero-order valence-corrected chi connectivity index (χ0v) is 20.3. The number of benzene rings is 2. The number of thiophene rings is 1. The van der Waals surface area contributed by atoms with Gasteiger partial charge in [-0.25, -0.2) is 0 Å². The Hall–Kier alpha value is -1.69. The maximum atomic E-state index is 12.9. The van der Waals surface area contributed by atoms with Crippen molar-refractivity contribution in [3.8, 4) is 23.0 Å². The summed E-state index contributed by atoms with van der Waals surface area (Å²) in [5, 5.41) is 5.22. The topological polar surface area (TPSA) is 0 Å². The Morgan fingerprint density at radius 3 is 2.33 bits per heavy atom. The Balaban J connectivity index is 1.78. The quantitative estimate of drug-likeness (QED) is 0.184. The number of hydrogen-bond donors (Lipinski definition) is 0. The average molecular weight is 490 g/mol. The molecule has 0 aliphatic rings. The number of fused-ring (bicyclic) bond motifs is 1. The molecular formula is C25H26AsF3S. The molecular weight excluding hydrogens is 464 g/mol. The predicted octanol–water partition coefficient (Wildman–Crippen LogP) is 8.56. The molecule has 0 fully saturated rings. The van der Waals surface area contributed by atoms with Crippen molar-refractivity contribution in [2.24, 2.45) is 0 Å². The minimum absolute atomic E-state index is 0.583. The van der Waals surface area contributed by atoms with Gasteiger partial charge in [0.05, 0.1) is 5.56 Å². The van der Waals surface area contributed by atoms with Crippen molar-refractivity contribution in [3.63, 3.8) is 0 Å². The molecule has 1 aromatic heterocycles. The van der Waals surface area contributed by atoms with E-state index in [0.717, 1.165) is 50.2 Å². The molecule has 0 saturated carbocycles. The van der Waals surface area contributed by atoms with Crippen LogP contribution in [0.25, 0.3) is 21.2 Å². The fourth-order valence-corrected chi connectivity index (χ4v) is 8.24. The van der Waals surface area contributed by atoms with E-state index in [-0.39, 0.29) is 0 Å². The van der Waals surface area contributed by atoms with Crippen molar-refractivity contribution in [1.29, 1.82) is 0 Å². The Morgan fingerprint density at radius 2 is 1.70 bits per heavy atom.